The van der Waals surface area contributed by atoms with Crippen LogP contribution in [-0.2, 0) is 0 Å². The predicted octanol–water partition coefficient (Wildman–Crippen LogP) is 2.01. The molecular formula is C13H17N5OS. The molecule has 2 amide bonds. The average molecular weight is 291 g/mol. The van der Waals surface area contributed by atoms with Crippen LogP contribution in [0.15, 0.2) is 36.0 Å². The summed E-state index contributed by atoms with van der Waals surface area (Å²) in [6.45, 7) is 3.04. The predicted molar refractivity (Wildman–Crippen MR) is 79.8 cm³/mol. The third kappa shape index (κ3) is 4.51. The van der Waals surface area contributed by atoms with Crippen molar-refractivity contribution < 1.29 is 4.79 Å². The van der Waals surface area contributed by atoms with Gasteiger partial charge in [0, 0.05) is 30.4 Å². The number of amides is 2. The van der Waals surface area contributed by atoms with Crippen molar-refractivity contribution in [3.63, 3.8) is 0 Å². The van der Waals surface area contributed by atoms with Gasteiger partial charge in [0.05, 0.1) is 6.04 Å². The summed E-state index contributed by atoms with van der Waals surface area (Å²) in [5.74, 6) is 0.557. The Balaban J connectivity index is 1.63. The van der Waals surface area contributed by atoms with Crippen LogP contribution in [0.25, 0.3) is 0 Å². The first kappa shape index (κ1) is 14.3. The molecule has 0 radical (unpaired) electrons. The van der Waals surface area contributed by atoms with Crippen molar-refractivity contribution in [2.75, 3.05) is 18.4 Å². The largest absolute Gasteiger partial charge is 0.352 e. The maximum absolute atomic E-state index is 11.7. The first-order chi connectivity index (χ1) is 9.75. The van der Waals surface area contributed by atoms with E-state index in [0.717, 1.165) is 4.88 Å². The highest BCUT2D eigenvalue weighted by Gasteiger charge is 2.09. The van der Waals surface area contributed by atoms with E-state index in [1.165, 1.54) is 0 Å². The lowest BCUT2D eigenvalue weighted by Gasteiger charge is -2.13. The molecule has 0 saturated heterocycles. The van der Waals surface area contributed by atoms with Crippen molar-refractivity contribution >= 4 is 23.3 Å². The Kier molecular flexibility index (Phi) is 5.31. The molecule has 0 aliphatic rings. The number of urea groups is 1. The number of hydrogen-bond donors (Lipinski definition) is 3. The Morgan fingerprint density at radius 1 is 1.30 bits per heavy atom. The first-order valence-electron chi connectivity index (χ1n) is 6.34. The van der Waals surface area contributed by atoms with Gasteiger partial charge in [-0.05, 0) is 24.4 Å². The van der Waals surface area contributed by atoms with Crippen LogP contribution in [0.2, 0.25) is 0 Å². The third-order valence-corrected chi connectivity index (χ3v) is 3.63. The van der Waals surface area contributed by atoms with Gasteiger partial charge in [0.2, 0.25) is 5.95 Å². The number of carbonyl (C=O) groups excluding carboxylic acids is 1. The van der Waals surface area contributed by atoms with Crippen molar-refractivity contribution in [1.82, 2.24) is 20.6 Å². The number of nitrogens with one attached hydrogen (secondary N) is 3. The molecule has 0 fully saturated rings. The van der Waals surface area contributed by atoms with Crippen LogP contribution in [0.4, 0.5) is 10.7 Å². The quantitative estimate of drug-likeness (QED) is 0.711. The smallest absolute Gasteiger partial charge is 0.315 e. The number of nitrogens with zero attached hydrogens (tertiary/aromatic N) is 2. The second kappa shape index (κ2) is 7.44. The first-order valence-corrected chi connectivity index (χ1v) is 7.22. The fourth-order valence-electron chi connectivity index (χ4n) is 1.60. The summed E-state index contributed by atoms with van der Waals surface area (Å²) in [5.41, 5.74) is 0. The van der Waals surface area contributed by atoms with Gasteiger partial charge in [-0.25, -0.2) is 14.8 Å². The van der Waals surface area contributed by atoms with Gasteiger partial charge in [-0.15, -0.1) is 11.3 Å². The number of carbonyl (C=O) groups is 1. The van der Waals surface area contributed by atoms with E-state index in [-0.39, 0.29) is 12.1 Å². The van der Waals surface area contributed by atoms with Crippen LogP contribution in [0.1, 0.15) is 17.8 Å². The zero-order chi connectivity index (χ0) is 14.2. The van der Waals surface area contributed by atoms with Crippen LogP contribution in [0.5, 0.6) is 0 Å². The van der Waals surface area contributed by atoms with Gasteiger partial charge in [-0.1, -0.05) is 6.07 Å². The maximum atomic E-state index is 11.7. The monoisotopic (exact) mass is 291 g/mol. The van der Waals surface area contributed by atoms with Gasteiger partial charge >= 0.3 is 6.03 Å². The summed E-state index contributed by atoms with van der Waals surface area (Å²) in [6, 6.07) is 5.56. The zero-order valence-corrected chi connectivity index (χ0v) is 12.0. The molecule has 2 heterocycles. The molecule has 2 rings (SSSR count). The molecule has 6 nitrogen and oxygen atoms in total. The molecule has 2 aromatic heterocycles. The Morgan fingerprint density at radius 2 is 2.10 bits per heavy atom. The van der Waals surface area contributed by atoms with E-state index in [4.69, 9.17) is 0 Å². The highest BCUT2D eigenvalue weighted by Crippen LogP contribution is 2.17. The lowest BCUT2D eigenvalue weighted by Crippen LogP contribution is -2.39. The molecule has 0 saturated carbocycles. The van der Waals surface area contributed by atoms with Crippen molar-refractivity contribution in [2.45, 2.75) is 13.0 Å². The minimum Gasteiger partial charge on any atom is -0.352 e. The van der Waals surface area contributed by atoms with Gasteiger partial charge in [0.25, 0.3) is 0 Å². The van der Waals surface area contributed by atoms with Crippen molar-refractivity contribution in [1.29, 1.82) is 0 Å². The van der Waals surface area contributed by atoms with Gasteiger partial charge in [-0.3, -0.25) is 0 Å². The number of anilines is 1. The fourth-order valence-corrected chi connectivity index (χ4v) is 2.33. The molecule has 0 spiro atoms. The van der Waals surface area contributed by atoms with Crippen molar-refractivity contribution in [2.24, 2.45) is 0 Å². The van der Waals surface area contributed by atoms with Gasteiger partial charge < -0.3 is 16.0 Å². The van der Waals surface area contributed by atoms with Gasteiger partial charge in [0.1, 0.15) is 0 Å². The van der Waals surface area contributed by atoms with E-state index in [2.05, 4.69) is 25.9 Å². The molecule has 3 N–H and O–H groups in total. The molecule has 0 bridgehead atoms. The van der Waals surface area contributed by atoms with Crippen molar-refractivity contribution in [3.8, 4) is 0 Å². The van der Waals surface area contributed by atoms with E-state index < -0.39 is 0 Å². The summed E-state index contributed by atoms with van der Waals surface area (Å²) in [7, 11) is 0. The van der Waals surface area contributed by atoms with E-state index >= 15 is 0 Å². The van der Waals surface area contributed by atoms with Gasteiger partial charge in [0.15, 0.2) is 0 Å². The fraction of sp³-hybridized carbons (Fsp3) is 0.308. The Labute approximate surface area is 121 Å². The van der Waals surface area contributed by atoms with Crippen molar-refractivity contribution in [3.05, 3.63) is 40.8 Å². The Hall–Kier alpha value is -2.15. The molecule has 0 aliphatic carbocycles. The van der Waals surface area contributed by atoms with Crippen LogP contribution in [-0.4, -0.2) is 29.1 Å². The SMILES string of the molecule is C[C@@H](NC(=O)NCCNc1ncccn1)c1cccs1. The summed E-state index contributed by atoms with van der Waals surface area (Å²) < 4.78 is 0. The second-order valence-electron chi connectivity index (χ2n) is 4.14. The van der Waals surface area contributed by atoms with E-state index in [0.29, 0.717) is 19.0 Å². The molecule has 0 unspecified atom stereocenters. The summed E-state index contributed by atoms with van der Waals surface area (Å²) >= 11 is 1.63. The molecular weight excluding hydrogens is 274 g/mol. The average Bonchev–Trinajstić information content (AvgIpc) is 2.99. The number of aromatic nitrogens is 2. The van der Waals surface area contributed by atoms with Gasteiger partial charge in [-0.2, -0.15) is 0 Å². The van der Waals surface area contributed by atoms with Crippen LogP contribution < -0.4 is 16.0 Å². The summed E-state index contributed by atoms with van der Waals surface area (Å²) in [6.07, 6.45) is 3.33. The highest BCUT2D eigenvalue weighted by molar-refractivity contribution is 7.10. The molecule has 7 heteroatoms. The van der Waals surface area contributed by atoms with Crippen LogP contribution >= 0.6 is 11.3 Å². The normalized spacial score (nSPS) is 11.7. The zero-order valence-electron chi connectivity index (χ0n) is 11.2. The third-order valence-electron chi connectivity index (χ3n) is 2.58. The number of hydrogen-bond acceptors (Lipinski definition) is 5. The summed E-state index contributed by atoms with van der Waals surface area (Å²) in [5, 5.41) is 10.7. The number of thiophene rings is 1. The molecule has 1 atom stereocenters. The number of rotatable bonds is 6. The lowest BCUT2D eigenvalue weighted by atomic mass is 10.3. The minimum atomic E-state index is -0.179. The van der Waals surface area contributed by atoms with E-state index in [1.54, 1.807) is 29.8 Å². The highest BCUT2D eigenvalue weighted by atomic mass is 32.1. The molecule has 0 aliphatic heterocycles. The molecule has 0 aromatic carbocycles. The maximum Gasteiger partial charge on any atom is 0.315 e. The second-order valence-corrected chi connectivity index (χ2v) is 5.12. The summed E-state index contributed by atoms with van der Waals surface area (Å²) in [4.78, 5) is 20.9. The lowest BCUT2D eigenvalue weighted by molar-refractivity contribution is 0.238. The minimum absolute atomic E-state index is 0.0143. The van der Waals surface area contributed by atoms with E-state index in [1.807, 2.05) is 24.4 Å². The van der Waals surface area contributed by atoms with E-state index in [9.17, 15) is 4.79 Å². The topological polar surface area (TPSA) is 78.9 Å². The Morgan fingerprint density at radius 3 is 2.80 bits per heavy atom. The molecule has 106 valence electrons. The molecule has 2 aromatic rings. The standard InChI is InChI=1S/C13H17N5OS/c1-10(11-4-2-9-20-11)18-13(19)17-8-7-16-12-14-5-3-6-15-12/h2-6,9-10H,7-8H2,1H3,(H,14,15,16)(H2,17,18,19)/t10-/m1/s1. The molecule has 20 heavy (non-hydrogen) atoms. The Bertz CT molecular complexity index is 517. The van der Waals surface area contributed by atoms with Crippen LogP contribution in [0.3, 0.4) is 0 Å². The van der Waals surface area contributed by atoms with Crippen LogP contribution in [0, 0.1) is 0 Å².